The molecule has 176 valence electrons. The van der Waals surface area contributed by atoms with Gasteiger partial charge in [-0.15, -0.1) is 0 Å². The minimum absolute atomic E-state index is 0.453. The average Bonchev–Trinajstić information content (AvgIpc) is 3.27. The van der Waals surface area contributed by atoms with Crippen LogP contribution < -0.4 is 3.53 Å². The van der Waals surface area contributed by atoms with Crippen molar-refractivity contribution < 1.29 is 15.4 Å². The quantitative estimate of drug-likeness (QED) is 0.239. The number of aryl methyl sites for hydroxylation is 2. The molecule has 35 heavy (non-hydrogen) atoms. The molecular weight excluding hydrogens is 518 g/mol. The van der Waals surface area contributed by atoms with Gasteiger partial charge in [-0.25, -0.2) is 0 Å². The Morgan fingerprint density at radius 2 is 2.03 bits per heavy atom. The van der Waals surface area contributed by atoms with Crippen molar-refractivity contribution in [2.75, 3.05) is 0 Å². The van der Waals surface area contributed by atoms with Crippen LogP contribution in [-0.4, -0.2) is 34.0 Å². The molecule has 0 radical (unpaired) electrons. The Labute approximate surface area is 215 Å². The van der Waals surface area contributed by atoms with Gasteiger partial charge in [0.15, 0.2) is 0 Å². The van der Waals surface area contributed by atoms with Gasteiger partial charge in [0.05, 0.1) is 0 Å². The van der Waals surface area contributed by atoms with Crippen LogP contribution in [0.2, 0.25) is 0 Å². The zero-order chi connectivity index (χ0) is 24.8. The Hall–Kier alpha value is -3.33. The number of fused-ring (bicyclic) bond motifs is 1. The van der Waals surface area contributed by atoms with E-state index in [1.165, 1.54) is 11.3 Å². The molecule has 2 heterocycles. The van der Waals surface area contributed by atoms with Crippen molar-refractivity contribution >= 4 is 51.2 Å². The van der Waals surface area contributed by atoms with E-state index in [0.717, 1.165) is 27.4 Å². The van der Waals surface area contributed by atoms with E-state index < -0.39 is 23.3 Å². The van der Waals surface area contributed by atoms with Crippen LogP contribution in [0.25, 0.3) is 10.9 Å². The summed E-state index contributed by atoms with van der Waals surface area (Å²) >= 11 is -2.31. The molecule has 0 N–H and O–H groups in total. The number of aromatic nitrogens is 1. The second-order valence-electron chi connectivity index (χ2n) is 7.89. The van der Waals surface area contributed by atoms with Crippen LogP contribution in [0.1, 0.15) is 33.6 Å². The van der Waals surface area contributed by atoms with Crippen molar-refractivity contribution in [3.05, 3.63) is 106 Å². The maximum absolute atomic E-state index is 12.9. The number of rotatable bonds is 8. The molecule has 0 saturated carbocycles. The van der Waals surface area contributed by atoms with Gasteiger partial charge in [-0.2, -0.15) is 0 Å². The Kier molecular flexibility index (Phi) is 8.07. The van der Waals surface area contributed by atoms with Gasteiger partial charge in [0, 0.05) is 0 Å². The number of thiophene rings is 1. The summed E-state index contributed by atoms with van der Waals surface area (Å²) in [5.41, 5.74) is 3.09. The number of carbonyl (C=O) groups excluding carboxylic acids is 1. The number of benzene rings is 1. The minimum atomic E-state index is -3.68. The Morgan fingerprint density at radius 1 is 1.17 bits per heavy atom. The van der Waals surface area contributed by atoms with Crippen LogP contribution in [0.5, 0.6) is 5.75 Å². The number of hydrogen-bond donors (Lipinski definition) is 0. The van der Waals surface area contributed by atoms with Crippen molar-refractivity contribution in [2.45, 2.75) is 27.2 Å². The molecule has 1 aliphatic carbocycles. The molecule has 0 spiro atoms. The summed E-state index contributed by atoms with van der Waals surface area (Å²) in [6, 6.07) is 13.2. The van der Waals surface area contributed by atoms with Crippen molar-refractivity contribution in [3.63, 3.8) is 0 Å². The van der Waals surface area contributed by atoms with Gasteiger partial charge in [-0.1, -0.05) is 0 Å². The van der Waals surface area contributed by atoms with E-state index >= 15 is 0 Å². The third kappa shape index (κ3) is 6.42. The van der Waals surface area contributed by atoms with Gasteiger partial charge in [-0.3, -0.25) is 0 Å². The van der Waals surface area contributed by atoms with Crippen LogP contribution in [0.4, 0.5) is 0 Å². The number of aliphatic imine (C=N–C) groups is 1. The summed E-state index contributed by atoms with van der Waals surface area (Å²) in [4.78, 5) is 23.8. The third-order valence-corrected chi connectivity index (χ3v) is 8.77. The molecule has 1 aliphatic rings. The molecule has 0 fully saturated rings. The van der Waals surface area contributed by atoms with Gasteiger partial charge < -0.3 is 0 Å². The van der Waals surface area contributed by atoms with E-state index in [0.29, 0.717) is 28.3 Å². The third-order valence-electron chi connectivity index (χ3n) is 5.06. The summed E-state index contributed by atoms with van der Waals surface area (Å²) < 4.78 is 18.5. The van der Waals surface area contributed by atoms with Gasteiger partial charge in [0.1, 0.15) is 0 Å². The number of para-hydroxylation sites is 1. The van der Waals surface area contributed by atoms with Crippen molar-refractivity contribution in [2.24, 2.45) is 4.99 Å². The predicted octanol–water partition coefficient (Wildman–Crippen LogP) is 6.53. The fraction of sp³-hybridized carbons (Fsp3) is 0.148. The second kappa shape index (κ2) is 11.4. The summed E-state index contributed by atoms with van der Waals surface area (Å²) in [6.45, 7) is 9.48. The molecule has 0 aliphatic heterocycles. The van der Waals surface area contributed by atoms with Crippen LogP contribution in [0.15, 0.2) is 95.9 Å². The Morgan fingerprint density at radius 3 is 2.80 bits per heavy atom. The van der Waals surface area contributed by atoms with E-state index in [9.17, 15) is 4.79 Å². The fourth-order valence-electron chi connectivity index (χ4n) is 3.44. The van der Waals surface area contributed by atoms with Crippen LogP contribution in [0, 0.1) is 13.8 Å². The monoisotopic (exact) mass is 542 g/mol. The normalized spacial score (nSPS) is 14.5. The van der Waals surface area contributed by atoms with E-state index in [2.05, 4.69) is 16.6 Å². The number of carbonyl (C=O) groups is 1. The molecule has 0 atom stereocenters. The molecule has 8 heteroatoms. The molecular formula is C27H25GaN2O4S. The first-order valence-electron chi connectivity index (χ1n) is 11.1. The van der Waals surface area contributed by atoms with Crippen molar-refractivity contribution in [1.82, 2.24) is 4.98 Å². The first-order chi connectivity index (χ1) is 16.9. The molecule has 6 nitrogen and oxygen atoms in total. The second-order valence-corrected chi connectivity index (χ2v) is 11.9. The van der Waals surface area contributed by atoms with E-state index in [4.69, 9.17) is 10.6 Å². The first kappa shape index (κ1) is 24.8. The molecule has 0 amide bonds. The molecule has 1 aromatic carbocycles. The number of pyridine rings is 1. The Balaban J connectivity index is 1.66. The summed E-state index contributed by atoms with van der Waals surface area (Å²) in [5.74, 6) is 0.610. The van der Waals surface area contributed by atoms with Crippen LogP contribution in [-0.2, 0) is 7.06 Å². The summed E-state index contributed by atoms with van der Waals surface area (Å²) in [7, 11) is 0. The topological polar surface area (TPSA) is 70.0 Å². The van der Waals surface area contributed by atoms with Gasteiger partial charge >= 0.3 is 216 Å². The van der Waals surface area contributed by atoms with E-state index in [1.807, 2.05) is 81.5 Å². The molecule has 2 aromatic heterocycles. The van der Waals surface area contributed by atoms with E-state index in [-0.39, 0.29) is 0 Å². The van der Waals surface area contributed by atoms with Crippen molar-refractivity contribution in [3.8, 4) is 5.75 Å². The summed E-state index contributed by atoms with van der Waals surface area (Å²) in [6.07, 6.45) is 9.81. The van der Waals surface area contributed by atoms with Crippen LogP contribution in [0.3, 0.4) is 0 Å². The van der Waals surface area contributed by atoms with Crippen molar-refractivity contribution in [1.29, 1.82) is 0 Å². The van der Waals surface area contributed by atoms with Crippen LogP contribution >= 0.6 is 11.3 Å². The summed E-state index contributed by atoms with van der Waals surface area (Å²) in [5, 5.41) is 0.932. The standard InChI is InChI=1S/C11H13NO.C10H9NO.C6H6O2S.Ga/c1-3-6-9(2)12-10-7-4-5-8-11(10)13;1-7-5-6-8-3-2-4-9(12)10(8)11-7;1-4-2-3-5(9-4)6(7)8;/h3-6,8,13H,1,7H2,2H3;2-6,12H,1H3;2-3H,1H3,(H,7,8);/q;;;+3/p-3/b9-6-,12-10?;;;. The fourth-order valence-corrected chi connectivity index (χ4v) is 7.03. The van der Waals surface area contributed by atoms with Gasteiger partial charge in [0.25, 0.3) is 0 Å². The maximum atomic E-state index is 12.9. The molecule has 3 aromatic rings. The zero-order valence-electron chi connectivity index (χ0n) is 19.9. The molecule has 0 bridgehead atoms. The Bertz CT molecular complexity index is 1390. The first-order valence-corrected chi connectivity index (χ1v) is 14.9. The average molecular weight is 543 g/mol. The number of allylic oxidation sites excluding steroid dienone is 7. The molecule has 4 rings (SSSR count). The zero-order valence-corrected chi connectivity index (χ0v) is 23.1. The van der Waals surface area contributed by atoms with E-state index in [1.54, 1.807) is 12.1 Å². The SMILES string of the molecule is C=C/C=C(/C)N=C1CC=CC=C1[O][Ga]([O]C(=O)c1ccc(C)s1)[O]c1cccc2ccc(C)nc12. The molecule has 0 unspecified atom stereocenters. The number of nitrogens with zero attached hydrogens (tertiary/aromatic N) is 2. The molecule has 0 saturated heterocycles. The number of hydrogen-bond acceptors (Lipinski definition) is 7. The predicted molar refractivity (Wildman–Crippen MR) is 142 cm³/mol. The van der Waals surface area contributed by atoms with Gasteiger partial charge in [-0.05, 0) is 0 Å². The van der Waals surface area contributed by atoms with Gasteiger partial charge in [0.2, 0.25) is 0 Å².